The van der Waals surface area contributed by atoms with Crippen molar-refractivity contribution >= 4 is 22.8 Å². The van der Waals surface area contributed by atoms with Crippen molar-refractivity contribution in [1.82, 2.24) is 5.32 Å². The summed E-state index contributed by atoms with van der Waals surface area (Å²) in [6.07, 6.45) is 0.380. The zero-order valence-electron chi connectivity index (χ0n) is 16.4. The summed E-state index contributed by atoms with van der Waals surface area (Å²) in [7, 11) is 1.51. The number of hydrogen-bond donors (Lipinski definition) is 1. The molecule has 30 heavy (non-hydrogen) atoms. The quantitative estimate of drug-likeness (QED) is 0.328. The minimum atomic E-state index is -0.703. The van der Waals surface area contributed by atoms with Crippen molar-refractivity contribution in [3.05, 3.63) is 70.6 Å². The average Bonchev–Trinajstić information content (AvgIpc) is 2.77. The first kappa shape index (κ1) is 20.9. The predicted octanol–water partition coefficient (Wildman–Crippen LogP) is 2.54. The Bertz CT molecular complexity index is 1090. The first-order chi connectivity index (χ1) is 14.6. The average molecular weight is 411 g/mol. The van der Waals surface area contributed by atoms with Crippen molar-refractivity contribution in [2.45, 2.75) is 6.42 Å². The van der Waals surface area contributed by atoms with E-state index in [1.54, 1.807) is 48.5 Å². The van der Waals surface area contributed by atoms with E-state index in [9.17, 15) is 14.4 Å². The van der Waals surface area contributed by atoms with E-state index >= 15 is 0 Å². The number of methoxy groups -OCH3 is 1. The standard InChI is InChI=1S/C22H21NO7/c1-27-18-9-4-5-10-19(18)29-14-20(24)28-12-6-11-23-21(25)16-13-15-7-2-3-8-17(15)30-22(16)26/h2-5,7-10,13H,6,11-12,14H2,1H3,(H,23,25). The normalized spacial score (nSPS) is 10.4. The van der Waals surface area contributed by atoms with Crippen LogP contribution < -0.4 is 20.4 Å². The van der Waals surface area contributed by atoms with Crippen LogP contribution in [-0.2, 0) is 9.53 Å². The molecule has 156 valence electrons. The number of nitrogens with one attached hydrogen (secondary N) is 1. The van der Waals surface area contributed by atoms with Crippen molar-refractivity contribution in [2.75, 3.05) is 26.9 Å². The Balaban J connectivity index is 1.40. The number of hydrogen-bond acceptors (Lipinski definition) is 7. The minimum absolute atomic E-state index is 0.0732. The van der Waals surface area contributed by atoms with Crippen molar-refractivity contribution < 1.29 is 28.2 Å². The zero-order chi connectivity index (χ0) is 21.3. The van der Waals surface area contributed by atoms with Gasteiger partial charge in [0.25, 0.3) is 5.91 Å². The zero-order valence-corrected chi connectivity index (χ0v) is 16.4. The molecule has 1 aromatic heterocycles. The summed E-state index contributed by atoms with van der Waals surface area (Å²) in [6, 6.07) is 15.4. The van der Waals surface area contributed by atoms with Crippen LogP contribution >= 0.6 is 0 Å². The summed E-state index contributed by atoms with van der Waals surface area (Å²) in [5, 5.41) is 3.27. The molecule has 0 atom stereocenters. The Morgan fingerprint density at radius 2 is 1.77 bits per heavy atom. The van der Waals surface area contributed by atoms with Crippen LogP contribution in [0.5, 0.6) is 11.5 Å². The third kappa shape index (κ3) is 5.38. The summed E-state index contributed by atoms with van der Waals surface area (Å²) in [6.45, 7) is 0.0668. The van der Waals surface area contributed by atoms with E-state index in [-0.39, 0.29) is 25.3 Å². The molecule has 1 amide bonds. The smallest absolute Gasteiger partial charge is 0.349 e. The van der Waals surface area contributed by atoms with E-state index in [1.807, 2.05) is 0 Å². The Labute approximate surface area is 172 Å². The molecule has 2 aromatic carbocycles. The highest BCUT2D eigenvalue weighted by Crippen LogP contribution is 2.25. The molecule has 3 aromatic rings. The monoisotopic (exact) mass is 411 g/mol. The van der Waals surface area contributed by atoms with Crippen LogP contribution in [0.1, 0.15) is 16.8 Å². The number of benzene rings is 2. The van der Waals surface area contributed by atoms with Crippen LogP contribution in [0.25, 0.3) is 11.0 Å². The van der Waals surface area contributed by atoms with Gasteiger partial charge in [0.15, 0.2) is 18.1 Å². The highest BCUT2D eigenvalue weighted by atomic mass is 16.6. The van der Waals surface area contributed by atoms with Crippen LogP contribution in [0.4, 0.5) is 0 Å². The van der Waals surface area contributed by atoms with Gasteiger partial charge in [0, 0.05) is 11.9 Å². The van der Waals surface area contributed by atoms with Crippen LogP contribution in [0.2, 0.25) is 0 Å². The number of amides is 1. The maximum atomic E-state index is 12.2. The summed E-state index contributed by atoms with van der Waals surface area (Å²) in [5.41, 5.74) is -0.358. The van der Waals surface area contributed by atoms with Gasteiger partial charge in [-0.05, 0) is 30.7 Å². The number of rotatable bonds is 9. The van der Waals surface area contributed by atoms with Gasteiger partial charge >= 0.3 is 11.6 Å². The predicted molar refractivity (Wildman–Crippen MR) is 109 cm³/mol. The van der Waals surface area contributed by atoms with E-state index in [1.165, 1.54) is 13.2 Å². The molecular weight excluding hydrogens is 390 g/mol. The first-order valence-electron chi connectivity index (χ1n) is 9.31. The molecule has 0 radical (unpaired) electrons. The topological polar surface area (TPSA) is 104 Å². The second-order valence-corrected chi connectivity index (χ2v) is 6.25. The molecule has 0 saturated carbocycles. The Morgan fingerprint density at radius 1 is 1.03 bits per heavy atom. The lowest BCUT2D eigenvalue weighted by atomic mass is 10.2. The minimum Gasteiger partial charge on any atom is -0.493 e. The number of carbonyl (C=O) groups is 2. The van der Waals surface area contributed by atoms with E-state index in [4.69, 9.17) is 18.6 Å². The number of ether oxygens (including phenoxy) is 3. The third-order valence-electron chi connectivity index (χ3n) is 4.17. The molecular formula is C22H21NO7. The molecule has 0 bridgehead atoms. The lowest BCUT2D eigenvalue weighted by Gasteiger charge is -2.10. The molecule has 1 N–H and O–H groups in total. The van der Waals surface area contributed by atoms with E-state index < -0.39 is 17.5 Å². The highest BCUT2D eigenvalue weighted by Gasteiger charge is 2.13. The molecule has 3 rings (SSSR count). The fraction of sp³-hybridized carbons (Fsp3) is 0.227. The largest absolute Gasteiger partial charge is 0.493 e. The van der Waals surface area contributed by atoms with Crippen molar-refractivity contribution in [2.24, 2.45) is 0 Å². The van der Waals surface area contributed by atoms with Gasteiger partial charge in [-0.3, -0.25) is 4.79 Å². The maximum Gasteiger partial charge on any atom is 0.349 e. The molecule has 0 spiro atoms. The summed E-state index contributed by atoms with van der Waals surface area (Å²) < 4.78 is 20.7. The molecule has 8 nitrogen and oxygen atoms in total. The van der Waals surface area contributed by atoms with Gasteiger partial charge in [-0.15, -0.1) is 0 Å². The van der Waals surface area contributed by atoms with Gasteiger partial charge in [-0.2, -0.15) is 0 Å². The van der Waals surface area contributed by atoms with Gasteiger partial charge in [-0.25, -0.2) is 9.59 Å². The lowest BCUT2D eigenvalue weighted by molar-refractivity contribution is -0.146. The molecule has 8 heteroatoms. The molecule has 0 fully saturated rings. The second-order valence-electron chi connectivity index (χ2n) is 6.25. The van der Waals surface area contributed by atoms with Crippen LogP contribution in [0.3, 0.4) is 0 Å². The molecule has 0 aliphatic heterocycles. The van der Waals surface area contributed by atoms with Gasteiger partial charge in [0.05, 0.1) is 13.7 Å². The molecule has 0 unspecified atom stereocenters. The van der Waals surface area contributed by atoms with Crippen LogP contribution in [0, 0.1) is 0 Å². The van der Waals surface area contributed by atoms with Crippen molar-refractivity contribution in [1.29, 1.82) is 0 Å². The number of para-hydroxylation sites is 3. The van der Waals surface area contributed by atoms with E-state index in [2.05, 4.69) is 5.32 Å². The third-order valence-corrected chi connectivity index (χ3v) is 4.17. The van der Waals surface area contributed by atoms with E-state index in [0.29, 0.717) is 28.9 Å². The fourth-order valence-corrected chi connectivity index (χ4v) is 2.69. The summed E-state index contributed by atoms with van der Waals surface area (Å²) in [4.78, 5) is 36.0. The van der Waals surface area contributed by atoms with Crippen molar-refractivity contribution in [3.63, 3.8) is 0 Å². The highest BCUT2D eigenvalue weighted by molar-refractivity contribution is 5.96. The molecule has 1 heterocycles. The fourth-order valence-electron chi connectivity index (χ4n) is 2.69. The maximum absolute atomic E-state index is 12.2. The first-order valence-corrected chi connectivity index (χ1v) is 9.31. The number of esters is 1. The summed E-state index contributed by atoms with van der Waals surface area (Å²) in [5.74, 6) is -0.118. The van der Waals surface area contributed by atoms with Gasteiger partial charge < -0.3 is 23.9 Å². The lowest BCUT2D eigenvalue weighted by Crippen LogP contribution is -2.29. The Hall–Kier alpha value is -3.81. The van der Waals surface area contributed by atoms with Gasteiger partial charge in [0.1, 0.15) is 11.1 Å². The SMILES string of the molecule is COc1ccccc1OCC(=O)OCCCNC(=O)c1cc2ccccc2oc1=O. The van der Waals surface area contributed by atoms with Crippen LogP contribution in [-0.4, -0.2) is 38.7 Å². The number of fused-ring (bicyclic) bond motifs is 1. The van der Waals surface area contributed by atoms with E-state index in [0.717, 1.165) is 0 Å². The van der Waals surface area contributed by atoms with Gasteiger partial charge in [0.2, 0.25) is 0 Å². The van der Waals surface area contributed by atoms with Crippen LogP contribution in [0.15, 0.2) is 63.8 Å². The Kier molecular flexibility index (Phi) is 7.05. The summed E-state index contributed by atoms with van der Waals surface area (Å²) >= 11 is 0. The molecule has 0 saturated heterocycles. The molecule has 0 aliphatic carbocycles. The molecule has 0 aliphatic rings. The van der Waals surface area contributed by atoms with Crippen molar-refractivity contribution in [3.8, 4) is 11.5 Å². The second kappa shape index (κ2) is 10.1. The number of carbonyl (C=O) groups excluding carboxylic acids is 2. The van der Waals surface area contributed by atoms with Gasteiger partial charge in [-0.1, -0.05) is 30.3 Å². The Morgan fingerprint density at radius 3 is 2.57 bits per heavy atom.